The second-order valence-electron chi connectivity index (χ2n) is 4.12. The van der Waals surface area contributed by atoms with Crippen molar-refractivity contribution < 1.29 is 13.9 Å². The molecule has 0 saturated heterocycles. The zero-order valence-electron chi connectivity index (χ0n) is 10.0. The van der Waals surface area contributed by atoms with Gasteiger partial charge in [-0.1, -0.05) is 37.3 Å². The molecule has 2 rings (SSSR count). The van der Waals surface area contributed by atoms with Crippen LogP contribution in [0.15, 0.2) is 42.5 Å². The number of benzene rings is 2. The Morgan fingerprint density at radius 1 is 1.06 bits per heavy atom. The minimum absolute atomic E-state index is 0.0947. The first kappa shape index (κ1) is 12.7. The van der Waals surface area contributed by atoms with Gasteiger partial charge in [0, 0.05) is 11.6 Å². The van der Waals surface area contributed by atoms with E-state index in [4.69, 9.17) is 0 Å². The summed E-state index contributed by atoms with van der Waals surface area (Å²) in [6.45, 7) is 1.96. The fourth-order valence-electron chi connectivity index (χ4n) is 2.01. The lowest BCUT2D eigenvalue weighted by Gasteiger charge is -2.15. The highest BCUT2D eigenvalue weighted by Gasteiger charge is 2.17. The van der Waals surface area contributed by atoms with E-state index in [2.05, 4.69) is 0 Å². The highest BCUT2D eigenvalue weighted by atomic mass is 19.1. The lowest BCUT2D eigenvalue weighted by atomic mass is 9.95. The van der Waals surface area contributed by atoms with Gasteiger partial charge in [0.2, 0.25) is 0 Å². The van der Waals surface area contributed by atoms with Crippen molar-refractivity contribution in [1.82, 2.24) is 0 Å². The van der Waals surface area contributed by atoms with Crippen molar-refractivity contribution in [3.8, 4) is 0 Å². The minimum Gasteiger partial charge on any atom is -0.384 e. The lowest BCUT2D eigenvalue weighted by Crippen LogP contribution is -2.05. The average molecular weight is 248 g/mol. The molecule has 94 valence electrons. The molecule has 0 aliphatic carbocycles. The average Bonchev–Trinajstić information content (AvgIpc) is 2.38. The first-order valence-corrected chi connectivity index (χ1v) is 5.84. The predicted octanol–water partition coefficient (Wildman–Crippen LogP) is 3.61. The second-order valence-corrected chi connectivity index (χ2v) is 4.12. The summed E-state index contributed by atoms with van der Waals surface area (Å²) in [7, 11) is 0. The van der Waals surface area contributed by atoms with E-state index in [0.29, 0.717) is 5.56 Å². The summed E-state index contributed by atoms with van der Waals surface area (Å²) < 4.78 is 26.5. The van der Waals surface area contributed by atoms with Crippen LogP contribution in [0.2, 0.25) is 0 Å². The zero-order chi connectivity index (χ0) is 13.1. The minimum atomic E-state index is -1.07. The summed E-state index contributed by atoms with van der Waals surface area (Å²) in [5, 5.41) is 10.2. The van der Waals surface area contributed by atoms with Gasteiger partial charge in [-0.25, -0.2) is 8.78 Å². The molecule has 1 unspecified atom stereocenters. The molecule has 0 radical (unpaired) electrons. The number of rotatable bonds is 3. The van der Waals surface area contributed by atoms with Crippen LogP contribution in [-0.4, -0.2) is 5.11 Å². The smallest absolute Gasteiger partial charge is 0.132 e. The van der Waals surface area contributed by atoms with Gasteiger partial charge in [-0.3, -0.25) is 0 Å². The molecule has 0 fully saturated rings. The maximum absolute atomic E-state index is 13.6. The van der Waals surface area contributed by atoms with E-state index in [1.165, 1.54) is 6.07 Å². The maximum atomic E-state index is 13.6. The summed E-state index contributed by atoms with van der Waals surface area (Å²) in [6, 6.07) is 10.5. The summed E-state index contributed by atoms with van der Waals surface area (Å²) in [4.78, 5) is 0. The Hall–Kier alpha value is -1.74. The number of hydrogen-bond acceptors (Lipinski definition) is 1. The Kier molecular flexibility index (Phi) is 3.72. The molecule has 0 aliphatic heterocycles. The molecule has 2 aromatic carbocycles. The molecule has 18 heavy (non-hydrogen) atoms. The highest BCUT2D eigenvalue weighted by Crippen LogP contribution is 2.27. The van der Waals surface area contributed by atoms with Crippen molar-refractivity contribution >= 4 is 0 Å². The molecule has 1 nitrogen and oxygen atoms in total. The first-order chi connectivity index (χ1) is 8.63. The van der Waals surface area contributed by atoms with E-state index in [1.807, 2.05) is 19.1 Å². The van der Waals surface area contributed by atoms with Crippen LogP contribution >= 0.6 is 0 Å². The van der Waals surface area contributed by atoms with E-state index < -0.39 is 17.7 Å². The van der Waals surface area contributed by atoms with Crippen LogP contribution in [0.3, 0.4) is 0 Å². The highest BCUT2D eigenvalue weighted by molar-refractivity contribution is 5.36. The first-order valence-electron chi connectivity index (χ1n) is 5.84. The summed E-state index contributed by atoms with van der Waals surface area (Å²) in [5.74, 6) is -1.37. The number of aryl methyl sites for hydroxylation is 1. The second kappa shape index (κ2) is 5.27. The molecule has 3 heteroatoms. The van der Waals surface area contributed by atoms with Crippen LogP contribution in [0.4, 0.5) is 8.78 Å². The SMILES string of the molecule is CCc1ccccc1C(O)c1ccc(F)cc1F. The molecule has 0 amide bonds. The predicted molar refractivity (Wildman–Crippen MR) is 66.2 cm³/mol. The van der Waals surface area contributed by atoms with Crippen molar-refractivity contribution in [2.45, 2.75) is 19.4 Å². The fraction of sp³-hybridized carbons (Fsp3) is 0.200. The monoisotopic (exact) mass is 248 g/mol. The van der Waals surface area contributed by atoms with Gasteiger partial charge in [-0.15, -0.1) is 0 Å². The van der Waals surface area contributed by atoms with Crippen LogP contribution in [0.25, 0.3) is 0 Å². The molecule has 0 heterocycles. The van der Waals surface area contributed by atoms with Crippen molar-refractivity contribution in [1.29, 1.82) is 0 Å². The van der Waals surface area contributed by atoms with Crippen molar-refractivity contribution in [2.75, 3.05) is 0 Å². The molecule has 2 aromatic rings. The van der Waals surface area contributed by atoms with E-state index in [0.717, 1.165) is 24.1 Å². The van der Waals surface area contributed by atoms with Crippen LogP contribution in [0.1, 0.15) is 29.7 Å². The van der Waals surface area contributed by atoms with Gasteiger partial charge < -0.3 is 5.11 Å². The Morgan fingerprint density at radius 3 is 2.44 bits per heavy atom. The van der Waals surface area contributed by atoms with E-state index in [9.17, 15) is 13.9 Å². The molecule has 0 spiro atoms. The lowest BCUT2D eigenvalue weighted by molar-refractivity contribution is 0.213. The fourth-order valence-corrected chi connectivity index (χ4v) is 2.01. The summed E-state index contributed by atoms with van der Waals surface area (Å²) in [5.41, 5.74) is 1.71. The van der Waals surface area contributed by atoms with Crippen LogP contribution in [0.5, 0.6) is 0 Å². The largest absolute Gasteiger partial charge is 0.384 e. The van der Waals surface area contributed by atoms with Crippen molar-refractivity contribution in [2.24, 2.45) is 0 Å². The van der Waals surface area contributed by atoms with Gasteiger partial charge in [0.25, 0.3) is 0 Å². The van der Waals surface area contributed by atoms with Crippen molar-refractivity contribution in [3.63, 3.8) is 0 Å². The Balaban J connectivity index is 2.44. The Morgan fingerprint density at radius 2 is 1.78 bits per heavy atom. The molecule has 0 saturated carbocycles. The van der Waals surface area contributed by atoms with Gasteiger partial charge in [0.1, 0.15) is 17.7 Å². The standard InChI is InChI=1S/C15H14F2O/c1-2-10-5-3-4-6-12(10)15(18)13-8-7-11(16)9-14(13)17/h3-9,15,18H,2H2,1H3. The van der Waals surface area contributed by atoms with Gasteiger partial charge >= 0.3 is 0 Å². The van der Waals surface area contributed by atoms with Crippen molar-refractivity contribution in [3.05, 3.63) is 70.8 Å². The van der Waals surface area contributed by atoms with Crippen LogP contribution < -0.4 is 0 Å². The Bertz CT molecular complexity index is 552. The number of aliphatic hydroxyl groups excluding tert-OH is 1. The van der Waals surface area contributed by atoms with Gasteiger partial charge in [0.15, 0.2) is 0 Å². The van der Waals surface area contributed by atoms with Crippen LogP contribution in [0, 0.1) is 11.6 Å². The molecule has 0 aliphatic rings. The third kappa shape index (κ3) is 2.41. The molecule has 0 bridgehead atoms. The molecular weight excluding hydrogens is 234 g/mol. The van der Waals surface area contributed by atoms with Crippen LogP contribution in [-0.2, 0) is 6.42 Å². The molecular formula is C15H14F2O. The van der Waals surface area contributed by atoms with Gasteiger partial charge in [-0.05, 0) is 23.6 Å². The third-order valence-corrected chi connectivity index (χ3v) is 2.99. The summed E-state index contributed by atoms with van der Waals surface area (Å²) >= 11 is 0. The quantitative estimate of drug-likeness (QED) is 0.879. The third-order valence-electron chi connectivity index (χ3n) is 2.99. The van der Waals surface area contributed by atoms with E-state index in [1.54, 1.807) is 12.1 Å². The Labute approximate surface area is 105 Å². The number of aliphatic hydroxyl groups is 1. The summed E-state index contributed by atoms with van der Waals surface area (Å²) in [6.07, 6.45) is -0.322. The van der Waals surface area contributed by atoms with Gasteiger partial charge in [-0.2, -0.15) is 0 Å². The van der Waals surface area contributed by atoms with Gasteiger partial charge in [0.05, 0.1) is 0 Å². The maximum Gasteiger partial charge on any atom is 0.132 e. The number of halogens is 2. The zero-order valence-corrected chi connectivity index (χ0v) is 10.0. The normalized spacial score (nSPS) is 12.4. The van der Waals surface area contributed by atoms with E-state index in [-0.39, 0.29) is 5.56 Å². The van der Waals surface area contributed by atoms with E-state index >= 15 is 0 Å². The molecule has 1 N–H and O–H groups in total. The topological polar surface area (TPSA) is 20.2 Å². The number of hydrogen-bond donors (Lipinski definition) is 1. The molecule has 1 atom stereocenters. The molecule has 0 aromatic heterocycles.